The number of nitrogens with zero attached hydrogens (tertiary/aromatic N) is 2. The number of hydrogen-bond acceptors (Lipinski definition) is 4. The number of carbonyl (C=O) groups excluding carboxylic acids is 1. The van der Waals surface area contributed by atoms with Crippen LogP contribution >= 0.6 is 23.2 Å². The third-order valence-corrected chi connectivity index (χ3v) is 3.98. The number of carbonyl (C=O) groups is 1. The first-order chi connectivity index (χ1) is 12.1. The van der Waals surface area contributed by atoms with Gasteiger partial charge in [0.15, 0.2) is 0 Å². The van der Waals surface area contributed by atoms with E-state index in [2.05, 4.69) is 20.6 Å². The molecule has 0 saturated carbocycles. The molecule has 0 unspecified atom stereocenters. The lowest BCUT2D eigenvalue weighted by atomic mass is 10.2. The van der Waals surface area contributed by atoms with Crippen molar-refractivity contribution >= 4 is 40.6 Å². The summed E-state index contributed by atoms with van der Waals surface area (Å²) >= 11 is 12.0. The van der Waals surface area contributed by atoms with Crippen LogP contribution in [0.3, 0.4) is 0 Å². The Balaban J connectivity index is 1.67. The first-order valence-corrected chi connectivity index (χ1v) is 8.23. The fourth-order valence-electron chi connectivity index (χ4n) is 2.13. The van der Waals surface area contributed by atoms with Crippen molar-refractivity contribution in [1.29, 1.82) is 0 Å². The van der Waals surface area contributed by atoms with Crippen molar-refractivity contribution in [1.82, 2.24) is 15.3 Å². The predicted molar refractivity (Wildman–Crippen MR) is 99.4 cm³/mol. The Hall–Kier alpha value is -2.63. The third-order valence-electron chi connectivity index (χ3n) is 3.40. The molecular weight excluding hydrogens is 359 g/mol. The predicted octanol–water partition coefficient (Wildman–Crippen LogP) is 4.46. The van der Waals surface area contributed by atoms with E-state index < -0.39 is 0 Å². The van der Waals surface area contributed by atoms with E-state index in [0.29, 0.717) is 28.1 Å². The van der Waals surface area contributed by atoms with Gasteiger partial charge in [-0.2, -0.15) is 0 Å². The molecule has 0 aliphatic rings. The van der Waals surface area contributed by atoms with E-state index in [0.717, 1.165) is 5.56 Å². The molecule has 7 heteroatoms. The normalized spacial score (nSPS) is 10.3. The summed E-state index contributed by atoms with van der Waals surface area (Å²) in [6.07, 6.45) is 1.33. The third kappa shape index (κ3) is 4.68. The van der Waals surface area contributed by atoms with Crippen molar-refractivity contribution in [3.05, 3.63) is 82.2 Å². The van der Waals surface area contributed by atoms with Gasteiger partial charge in [-0.1, -0.05) is 47.5 Å². The Morgan fingerprint density at radius 2 is 1.76 bits per heavy atom. The fourth-order valence-corrected chi connectivity index (χ4v) is 2.43. The molecule has 2 aromatic carbocycles. The monoisotopic (exact) mass is 372 g/mol. The highest BCUT2D eigenvalue weighted by Crippen LogP contribution is 2.23. The first-order valence-electron chi connectivity index (χ1n) is 7.48. The van der Waals surface area contributed by atoms with Crippen LogP contribution in [0.4, 0.5) is 11.5 Å². The molecule has 0 saturated heterocycles. The van der Waals surface area contributed by atoms with Crippen LogP contribution < -0.4 is 10.6 Å². The maximum absolute atomic E-state index is 12.3. The Kier molecular flexibility index (Phi) is 5.48. The maximum atomic E-state index is 12.3. The van der Waals surface area contributed by atoms with Gasteiger partial charge in [-0.25, -0.2) is 9.97 Å². The van der Waals surface area contributed by atoms with Crippen LogP contribution in [0.5, 0.6) is 0 Å². The van der Waals surface area contributed by atoms with Crippen LogP contribution in [-0.2, 0) is 6.54 Å². The highest BCUT2D eigenvalue weighted by atomic mass is 35.5. The zero-order valence-corrected chi connectivity index (χ0v) is 14.6. The molecule has 0 spiro atoms. The molecule has 2 N–H and O–H groups in total. The van der Waals surface area contributed by atoms with Gasteiger partial charge in [-0.05, 0) is 29.8 Å². The zero-order chi connectivity index (χ0) is 17.6. The molecule has 1 heterocycles. The number of aromatic nitrogens is 2. The Morgan fingerprint density at radius 1 is 1.00 bits per heavy atom. The summed E-state index contributed by atoms with van der Waals surface area (Å²) in [4.78, 5) is 20.4. The molecule has 0 fully saturated rings. The molecule has 126 valence electrons. The number of amides is 1. The van der Waals surface area contributed by atoms with E-state index in [1.165, 1.54) is 6.33 Å². The molecule has 1 amide bonds. The molecule has 0 atom stereocenters. The van der Waals surface area contributed by atoms with E-state index in [1.807, 2.05) is 30.3 Å². The minimum absolute atomic E-state index is 0.263. The van der Waals surface area contributed by atoms with Gasteiger partial charge in [0.1, 0.15) is 17.8 Å². The van der Waals surface area contributed by atoms with Gasteiger partial charge < -0.3 is 10.6 Å². The van der Waals surface area contributed by atoms with Crippen LogP contribution in [0.1, 0.15) is 16.1 Å². The lowest BCUT2D eigenvalue weighted by molar-refractivity contribution is 0.0946. The Bertz CT molecular complexity index is 884. The van der Waals surface area contributed by atoms with E-state index in [4.69, 9.17) is 23.2 Å². The van der Waals surface area contributed by atoms with Crippen molar-refractivity contribution in [2.75, 3.05) is 5.32 Å². The Labute approximate surface area is 155 Å². The second kappa shape index (κ2) is 7.96. The van der Waals surface area contributed by atoms with Gasteiger partial charge in [0.05, 0.1) is 10.7 Å². The van der Waals surface area contributed by atoms with Crippen LogP contribution in [0, 0.1) is 0 Å². The Morgan fingerprint density at radius 3 is 2.52 bits per heavy atom. The second-order valence-corrected chi connectivity index (χ2v) is 6.05. The van der Waals surface area contributed by atoms with Crippen LogP contribution in [-0.4, -0.2) is 15.9 Å². The SMILES string of the molecule is O=C(NCc1ccc(Cl)cc1)c1cc(Nc2ccccc2Cl)ncn1. The van der Waals surface area contributed by atoms with Crippen LogP contribution in [0.15, 0.2) is 60.9 Å². The van der Waals surface area contributed by atoms with Gasteiger partial charge in [-0.3, -0.25) is 4.79 Å². The summed E-state index contributed by atoms with van der Waals surface area (Å²) in [7, 11) is 0. The number of para-hydroxylation sites is 1. The van der Waals surface area contributed by atoms with Crippen molar-refractivity contribution < 1.29 is 4.79 Å². The van der Waals surface area contributed by atoms with Gasteiger partial charge in [-0.15, -0.1) is 0 Å². The van der Waals surface area contributed by atoms with Gasteiger partial charge in [0.2, 0.25) is 0 Å². The summed E-state index contributed by atoms with van der Waals surface area (Å²) in [5.41, 5.74) is 1.91. The van der Waals surface area contributed by atoms with Crippen LogP contribution in [0.2, 0.25) is 10.0 Å². The molecule has 5 nitrogen and oxygen atoms in total. The number of halogens is 2. The molecule has 25 heavy (non-hydrogen) atoms. The number of benzene rings is 2. The van der Waals surface area contributed by atoms with Gasteiger partial charge in [0.25, 0.3) is 5.91 Å². The average molecular weight is 373 g/mol. The van der Waals surface area contributed by atoms with Crippen molar-refractivity contribution in [2.45, 2.75) is 6.54 Å². The topological polar surface area (TPSA) is 66.9 Å². The summed E-state index contributed by atoms with van der Waals surface area (Å²) in [6, 6.07) is 16.1. The first kappa shape index (κ1) is 17.2. The van der Waals surface area contributed by atoms with Crippen molar-refractivity contribution in [2.24, 2.45) is 0 Å². The van der Waals surface area contributed by atoms with E-state index in [9.17, 15) is 4.79 Å². The van der Waals surface area contributed by atoms with Crippen LogP contribution in [0.25, 0.3) is 0 Å². The quantitative estimate of drug-likeness (QED) is 0.693. The molecule has 3 aromatic rings. The van der Waals surface area contributed by atoms with Crippen molar-refractivity contribution in [3.63, 3.8) is 0 Å². The molecular formula is C18H14Cl2N4O. The standard InChI is InChI=1S/C18H14Cl2N4O/c19-13-7-5-12(6-8-13)10-21-18(25)16-9-17(23-11-22-16)24-15-4-2-1-3-14(15)20/h1-9,11H,10H2,(H,21,25)(H,22,23,24). The number of anilines is 2. The minimum Gasteiger partial charge on any atom is -0.347 e. The molecule has 1 aromatic heterocycles. The van der Waals surface area contributed by atoms with Gasteiger partial charge in [0, 0.05) is 17.6 Å². The molecule has 0 radical (unpaired) electrons. The smallest absolute Gasteiger partial charge is 0.270 e. The van der Waals surface area contributed by atoms with Gasteiger partial charge >= 0.3 is 0 Å². The minimum atomic E-state index is -0.292. The van der Waals surface area contributed by atoms with Crippen molar-refractivity contribution in [3.8, 4) is 0 Å². The number of rotatable bonds is 5. The molecule has 0 aliphatic heterocycles. The number of hydrogen-bond donors (Lipinski definition) is 2. The highest BCUT2D eigenvalue weighted by molar-refractivity contribution is 6.33. The largest absolute Gasteiger partial charge is 0.347 e. The average Bonchev–Trinajstić information content (AvgIpc) is 2.63. The highest BCUT2D eigenvalue weighted by Gasteiger charge is 2.09. The molecule has 3 rings (SSSR count). The fraction of sp³-hybridized carbons (Fsp3) is 0.0556. The second-order valence-electron chi connectivity index (χ2n) is 5.20. The summed E-state index contributed by atoms with van der Waals surface area (Å²) < 4.78 is 0. The maximum Gasteiger partial charge on any atom is 0.270 e. The number of nitrogens with one attached hydrogen (secondary N) is 2. The van der Waals surface area contributed by atoms with E-state index in [1.54, 1.807) is 24.3 Å². The zero-order valence-electron chi connectivity index (χ0n) is 13.0. The molecule has 0 aliphatic carbocycles. The van der Waals surface area contributed by atoms with E-state index in [-0.39, 0.29) is 11.6 Å². The lowest BCUT2D eigenvalue weighted by Crippen LogP contribution is -2.24. The molecule has 0 bridgehead atoms. The summed E-state index contributed by atoms with van der Waals surface area (Å²) in [6.45, 7) is 0.382. The summed E-state index contributed by atoms with van der Waals surface area (Å²) in [5.74, 6) is 0.194. The summed E-state index contributed by atoms with van der Waals surface area (Å²) in [5, 5.41) is 7.10. The lowest BCUT2D eigenvalue weighted by Gasteiger charge is -2.09. The van der Waals surface area contributed by atoms with E-state index >= 15 is 0 Å².